The van der Waals surface area contributed by atoms with Gasteiger partial charge in [-0.15, -0.1) is 0 Å². The van der Waals surface area contributed by atoms with Crippen molar-refractivity contribution in [2.45, 2.75) is 36.6 Å². The molecule has 0 atom stereocenters. The van der Waals surface area contributed by atoms with E-state index in [0.717, 1.165) is 0 Å². The summed E-state index contributed by atoms with van der Waals surface area (Å²) in [4.78, 5) is 8.13. The molecule has 2 aliphatic carbocycles. The number of aromatic nitrogens is 2. The molecule has 1 aromatic rings. The van der Waals surface area contributed by atoms with E-state index in [1.165, 1.54) is 31.2 Å². The molecule has 3 heteroatoms. The first-order valence-electron chi connectivity index (χ1n) is 4.81. The largest absolute Gasteiger partial charge is 0.324 e. The lowest BCUT2D eigenvalue weighted by molar-refractivity contribution is 0.500. The summed E-state index contributed by atoms with van der Waals surface area (Å²) in [6.07, 6.45) is 10.2. The second-order valence-corrected chi connectivity index (χ2v) is 4.37. The molecule has 0 bridgehead atoms. The minimum Gasteiger partial charge on any atom is -0.324 e. The maximum Gasteiger partial charge on any atom is 0.115 e. The predicted octanol–water partition coefficient (Wildman–Crippen LogP) is 0.999. The molecule has 0 aromatic carbocycles. The molecule has 2 saturated carbocycles. The fraction of sp³-hybridized carbons (Fsp3) is 0.600. The lowest BCUT2D eigenvalue weighted by Gasteiger charge is -2.22. The molecule has 3 rings (SSSR count). The summed E-state index contributed by atoms with van der Waals surface area (Å²) in [6, 6.07) is 0. The van der Waals surface area contributed by atoms with Gasteiger partial charge in [0.2, 0.25) is 0 Å². The zero-order valence-electron chi connectivity index (χ0n) is 7.53. The Labute approximate surface area is 77.4 Å². The Hall–Kier alpha value is -0.960. The van der Waals surface area contributed by atoms with E-state index in [0.29, 0.717) is 0 Å². The minimum absolute atomic E-state index is 0.0811. The summed E-state index contributed by atoms with van der Waals surface area (Å²) in [5.74, 6) is 0. The van der Waals surface area contributed by atoms with Crippen LogP contribution >= 0.6 is 0 Å². The summed E-state index contributed by atoms with van der Waals surface area (Å²) in [7, 11) is 0. The highest BCUT2D eigenvalue weighted by molar-refractivity contribution is 5.37. The molecular formula is C10H13N3. The topological polar surface area (TPSA) is 51.8 Å². The van der Waals surface area contributed by atoms with E-state index in [9.17, 15) is 0 Å². The van der Waals surface area contributed by atoms with E-state index < -0.39 is 0 Å². The average molecular weight is 175 g/mol. The Morgan fingerprint density at radius 2 is 1.69 bits per heavy atom. The van der Waals surface area contributed by atoms with E-state index in [1.54, 1.807) is 6.33 Å². The number of hydrogen-bond donors (Lipinski definition) is 1. The van der Waals surface area contributed by atoms with Gasteiger partial charge in [-0.1, -0.05) is 0 Å². The highest BCUT2D eigenvalue weighted by atomic mass is 14.9. The van der Waals surface area contributed by atoms with Gasteiger partial charge in [-0.05, 0) is 31.2 Å². The Bertz CT molecular complexity index is 325. The molecule has 13 heavy (non-hydrogen) atoms. The van der Waals surface area contributed by atoms with Crippen molar-refractivity contribution in [1.82, 2.24) is 9.97 Å². The highest BCUT2D eigenvalue weighted by Crippen LogP contribution is 2.63. The maximum absolute atomic E-state index is 6.26. The normalized spacial score (nSPS) is 26.8. The quantitative estimate of drug-likeness (QED) is 0.729. The molecule has 2 fully saturated rings. The van der Waals surface area contributed by atoms with Crippen LogP contribution in [0.15, 0.2) is 18.7 Å². The number of rotatable bonds is 2. The summed E-state index contributed by atoms with van der Waals surface area (Å²) < 4.78 is 0. The van der Waals surface area contributed by atoms with Crippen LogP contribution in [-0.4, -0.2) is 15.5 Å². The molecule has 1 aromatic heterocycles. The molecule has 2 N–H and O–H groups in total. The minimum atomic E-state index is 0.0811. The maximum atomic E-state index is 6.26. The smallest absolute Gasteiger partial charge is 0.115 e. The van der Waals surface area contributed by atoms with Gasteiger partial charge in [0.05, 0.1) is 0 Å². The third-order valence-corrected chi connectivity index (χ3v) is 3.60. The van der Waals surface area contributed by atoms with Crippen LogP contribution in [0.3, 0.4) is 0 Å². The first kappa shape index (κ1) is 7.44. The number of hydrogen-bond acceptors (Lipinski definition) is 3. The van der Waals surface area contributed by atoms with Gasteiger partial charge in [0, 0.05) is 23.3 Å². The first-order valence-corrected chi connectivity index (χ1v) is 4.81. The second kappa shape index (κ2) is 2.10. The summed E-state index contributed by atoms with van der Waals surface area (Å²) in [6.45, 7) is 0. The van der Waals surface area contributed by atoms with Gasteiger partial charge >= 0.3 is 0 Å². The fourth-order valence-corrected chi connectivity index (χ4v) is 2.36. The lowest BCUT2D eigenvalue weighted by Crippen LogP contribution is -2.37. The third-order valence-electron chi connectivity index (χ3n) is 3.60. The summed E-state index contributed by atoms with van der Waals surface area (Å²) in [5, 5.41) is 0. The monoisotopic (exact) mass is 175 g/mol. The van der Waals surface area contributed by atoms with Gasteiger partial charge < -0.3 is 5.73 Å². The molecule has 68 valence electrons. The Morgan fingerprint density at radius 3 is 2.15 bits per heavy atom. The molecule has 0 unspecified atom stereocenters. The number of nitrogens with zero attached hydrogens (tertiary/aromatic N) is 2. The van der Waals surface area contributed by atoms with Gasteiger partial charge in [0.15, 0.2) is 0 Å². The Balaban J connectivity index is 2.01. The van der Waals surface area contributed by atoms with Crippen LogP contribution in [0.25, 0.3) is 0 Å². The standard InChI is InChI=1S/C10H13N3/c11-10(3-4-10)9(1-2-9)8-5-12-7-13-6-8/h5-7H,1-4,11H2. The molecule has 0 amide bonds. The van der Waals surface area contributed by atoms with Gasteiger partial charge in [-0.3, -0.25) is 0 Å². The van der Waals surface area contributed by atoms with E-state index in [2.05, 4.69) is 9.97 Å². The molecule has 0 spiro atoms. The summed E-state index contributed by atoms with van der Waals surface area (Å²) >= 11 is 0. The van der Waals surface area contributed by atoms with Crippen molar-refractivity contribution in [2.24, 2.45) is 5.73 Å². The van der Waals surface area contributed by atoms with Crippen molar-refractivity contribution in [3.05, 3.63) is 24.3 Å². The number of nitrogens with two attached hydrogens (primary N) is 1. The van der Waals surface area contributed by atoms with Gasteiger partial charge in [-0.25, -0.2) is 9.97 Å². The van der Waals surface area contributed by atoms with Crippen LogP contribution in [0, 0.1) is 0 Å². The first-order chi connectivity index (χ1) is 6.27. The SMILES string of the molecule is NC1(C2(c3cncnc3)CC2)CC1. The third kappa shape index (κ3) is 0.879. The van der Waals surface area contributed by atoms with Crippen LogP contribution in [0.1, 0.15) is 31.2 Å². The molecule has 0 saturated heterocycles. The van der Waals surface area contributed by atoms with Crippen LogP contribution in [-0.2, 0) is 5.41 Å². The van der Waals surface area contributed by atoms with Crippen molar-refractivity contribution in [3.8, 4) is 0 Å². The fourth-order valence-electron chi connectivity index (χ4n) is 2.36. The second-order valence-electron chi connectivity index (χ2n) is 4.37. The Morgan fingerprint density at radius 1 is 1.08 bits per heavy atom. The van der Waals surface area contributed by atoms with Gasteiger partial charge in [-0.2, -0.15) is 0 Å². The van der Waals surface area contributed by atoms with E-state index in [-0.39, 0.29) is 11.0 Å². The molecule has 3 nitrogen and oxygen atoms in total. The predicted molar refractivity (Wildman–Crippen MR) is 49.1 cm³/mol. The van der Waals surface area contributed by atoms with E-state index in [1.807, 2.05) is 12.4 Å². The van der Waals surface area contributed by atoms with Crippen LogP contribution in [0.5, 0.6) is 0 Å². The highest BCUT2D eigenvalue weighted by Gasteiger charge is 2.64. The summed E-state index contributed by atoms with van der Waals surface area (Å²) in [5.41, 5.74) is 7.83. The average Bonchev–Trinajstić information content (AvgIpc) is 3.01. The van der Waals surface area contributed by atoms with E-state index in [4.69, 9.17) is 5.73 Å². The van der Waals surface area contributed by atoms with E-state index >= 15 is 0 Å². The van der Waals surface area contributed by atoms with Crippen molar-refractivity contribution < 1.29 is 0 Å². The van der Waals surface area contributed by atoms with Crippen molar-refractivity contribution in [3.63, 3.8) is 0 Å². The van der Waals surface area contributed by atoms with Crippen molar-refractivity contribution >= 4 is 0 Å². The van der Waals surface area contributed by atoms with Crippen molar-refractivity contribution in [2.75, 3.05) is 0 Å². The zero-order chi connectivity index (χ0) is 8.94. The van der Waals surface area contributed by atoms with Crippen LogP contribution in [0.2, 0.25) is 0 Å². The van der Waals surface area contributed by atoms with Crippen molar-refractivity contribution in [1.29, 1.82) is 0 Å². The Kier molecular flexibility index (Phi) is 1.20. The van der Waals surface area contributed by atoms with Crippen LogP contribution in [0.4, 0.5) is 0 Å². The zero-order valence-corrected chi connectivity index (χ0v) is 7.53. The molecular weight excluding hydrogens is 162 g/mol. The molecule has 1 heterocycles. The van der Waals surface area contributed by atoms with Crippen LogP contribution < -0.4 is 5.73 Å². The molecule has 0 radical (unpaired) electrons. The van der Waals surface area contributed by atoms with Gasteiger partial charge in [0.1, 0.15) is 6.33 Å². The molecule has 2 aliphatic rings. The van der Waals surface area contributed by atoms with Gasteiger partial charge in [0.25, 0.3) is 0 Å². The molecule has 0 aliphatic heterocycles. The lowest BCUT2D eigenvalue weighted by atomic mass is 9.88.